The number of nitrogens with zero attached hydrogens (tertiary/aromatic N) is 2. The maximum absolute atomic E-state index is 12.5. The summed E-state index contributed by atoms with van der Waals surface area (Å²) in [4.78, 5) is 30.5. The summed E-state index contributed by atoms with van der Waals surface area (Å²) in [5.41, 5.74) is 2.65. The number of hydrogen-bond acceptors (Lipinski definition) is 6. The van der Waals surface area contributed by atoms with E-state index in [1.165, 1.54) is 18.7 Å². The minimum absolute atomic E-state index is 0.0358. The quantitative estimate of drug-likeness (QED) is 0.599. The number of aryl methyl sites for hydroxylation is 1. The number of rotatable bonds is 5. The zero-order valence-corrected chi connectivity index (χ0v) is 16.6. The van der Waals surface area contributed by atoms with Crippen LogP contribution >= 0.6 is 0 Å². The molecular weight excluding hydrogens is 368 g/mol. The van der Waals surface area contributed by atoms with Crippen molar-refractivity contribution in [3.63, 3.8) is 0 Å². The maximum Gasteiger partial charge on any atom is 0.341 e. The van der Waals surface area contributed by atoms with Crippen molar-refractivity contribution in [2.24, 2.45) is 0 Å². The zero-order chi connectivity index (χ0) is 20.2. The minimum atomic E-state index is -0.456. The van der Waals surface area contributed by atoms with Crippen LogP contribution in [0.1, 0.15) is 47.3 Å². The third kappa shape index (κ3) is 4.40. The van der Waals surface area contributed by atoms with Crippen molar-refractivity contribution in [2.45, 2.75) is 38.3 Å². The highest BCUT2D eigenvalue weighted by Crippen LogP contribution is 2.31. The number of ether oxygens (including phenoxy) is 1. The average molecular weight is 394 g/mol. The summed E-state index contributed by atoms with van der Waals surface area (Å²) in [6.45, 7) is 3.06. The van der Waals surface area contributed by atoms with Crippen molar-refractivity contribution in [2.75, 3.05) is 25.1 Å². The molecule has 2 aromatic rings. The first-order valence-electron chi connectivity index (χ1n) is 10.1. The van der Waals surface area contributed by atoms with E-state index in [4.69, 9.17) is 4.74 Å². The number of anilines is 1. The largest absolute Gasteiger partial charge is 0.441 e. The van der Waals surface area contributed by atoms with Gasteiger partial charge in [-0.25, -0.2) is 9.78 Å². The second-order valence-electron chi connectivity index (χ2n) is 7.57. The molecule has 0 aliphatic carbocycles. The van der Waals surface area contributed by atoms with Crippen LogP contribution in [0.2, 0.25) is 0 Å². The molecule has 3 heterocycles. The Balaban J connectivity index is 1.40. The summed E-state index contributed by atoms with van der Waals surface area (Å²) in [5.74, 6) is 0.262. The predicted molar refractivity (Wildman–Crippen MR) is 109 cm³/mol. The normalized spacial score (nSPS) is 20.4. The summed E-state index contributed by atoms with van der Waals surface area (Å²) < 4.78 is 5.42. The maximum atomic E-state index is 12.5. The van der Waals surface area contributed by atoms with Gasteiger partial charge < -0.3 is 20.3 Å². The summed E-state index contributed by atoms with van der Waals surface area (Å²) in [5, 5.41) is 6.68. The molecule has 0 bridgehead atoms. The lowest BCUT2D eigenvalue weighted by Gasteiger charge is -2.27. The van der Waals surface area contributed by atoms with E-state index in [1.807, 2.05) is 24.3 Å². The topological polar surface area (TPSA) is 83.6 Å². The lowest BCUT2D eigenvalue weighted by atomic mass is 9.95. The lowest BCUT2D eigenvalue weighted by Crippen LogP contribution is -2.42. The summed E-state index contributed by atoms with van der Waals surface area (Å²) in [6.07, 6.45) is 4.18. The van der Waals surface area contributed by atoms with Gasteiger partial charge in [0.25, 0.3) is 0 Å². The number of aromatic nitrogens is 1. The van der Waals surface area contributed by atoms with Crippen LogP contribution in [0.3, 0.4) is 0 Å². The van der Waals surface area contributed by atoms with Gasteiger partial charge in [0.15, 0.2) is 6.73 Å². The highest BCUT2D eigenvalue weighted by atomic mass is 16.5. The van der Waals surface area contributed by atoms with Gasteiger partial charge in [-0.2, -0.15) is 0 Å². The molecular formula is C22H26N4O3. The predicted octanol–water partition coefficient (Wildman–Crippen LogP) is 2.51. The smallest absolute Gasteiger partial charge is 0.341 e. The van der Waals surface area contributed by atoms with Gasteiger partial charge in [0, 0.05) is 25.7 Å². The first-order valence-corrected chi connectivity index (χ1v) is 10.1. The highest BCUT2D eigenvalue weighted by molar-refractivity contribution is 5.89. The minimum Gasteiger partial charge on any atom is -0.441 e. The van der Waals surface area contributed by atoms with Gasteiger partial charge in [0.1, 0.15) is 5.82 Å². The monoisotopic (exact) mass is 394 g/mol. The average Bonchev–Trinajstić information content (AvgIpc) is 3.28. The van der Waals surface area contributed by atoms with Crippen LogP contribution in [0.5, 0.6) is 0 Å². The number of pyridine rings is 1. The Kier molecular flexibility index (Phi) is 5.76. The number of fused-ring (bicyclic) bond motifs is 1. The third-order valence-corrected chi connectivity index (χ3v) is 5.63. The lowest BCUT2D eigenvalue weighted by molar-refractivity contribution is -0.135. The molecule has 1 saturated heterocycles. The Labute approximate surface area is 170 Å². The van der Waals surface area contributed by atoms with E-state index in [2.05, 4.69) is 27.8 Å². The number of carbonyl (C=O) groups excluding carboxylic acids is 2. The van der Waals surface area contributed by atoms with E-state index in [1.54, 1.807) is 4.90 Å². The molecule has 1 fully saturated rings. The molecule has 7 heteroatoms. The highest BCUT2D eigenvalue weighted by Gasteiger charge is 2.26. The van der Waals surface area contributed by atoms with Crippen LogP contribution in [0.15, 0.2) is 42.6 Å². The van der Waals surface area contributed by atoms with E-state index in [0.717, 1.165) is 43.7 Å². The number of nitrogens with one attached hydrogen (secondary N) is 2. The Morgan fingerprint density at radius 2 is 2.07 bits per heavy atom. The van der Waals surface area contributed by atoms with E-state index in [9.17, 15) is 9.59 Å². The number of esters is 1. The van der Waals surface area contributed by atoms with Crippen molar-refractivity contribution >= 4 is 17.7 Å². The van der Waals surface area contributed by atoms with Gasteiger partial charge in [-0.05, 0) is 43.0 Å². The fourth-order valence-electron chi connectivity index (χ4n) is 3.99. The van der Waals surface area contributed by atoms with Crippen LogP contribution in [-0.4, -0.2) is 47.6 Å². The van der Waals surface area contributed by atoms with Gasteiger partial charge >= 0.3 is 5.97 Å². The molecule has 4 rings (SSSR count). The Morgan fingerprint density at radius 3 is 2.79 bits per heavy atom. The molecule has 1 aromatic heterocycles. The molecule has 7 nitrogen and oxygen atoms in total. The third-order valence-electron chi connectivity index (χ3n) is 5.63. The molecule has 1 aromatic carbocycles. The van der Waals surface area contributed by atoms with Gasteiger partial charge in [0.2, 0.25) is 5.91 Å². The van der Waals surface area contributed by atoms with E-state index < -0.39 is 5.97 Å². The van der Waals surface area contributed by atoms with Gasteiger partial charge in [-0.3, -0.25) is 4.79 Å². The standard InChI is InChI=1S/C22H26N4O3/c1-15(27)26(19-9-10-23-13-19)14-29-22(28)18-11-17-7-8-20(25-21(17)24-12-18)16-5-3-2-4-6-16/h2-6,11-12,19-20,23H,7-10,13-14H2,1H3,(H,24,25)/t19-,20?/m0/s1. The zero-order valence-electron chi connectivity index (χ0n) is 16.6. The molecule has 1 amide bonds. The Hall–Kier alpha value is -2.93. The van der Waals surface area contributed by atoms with Crippen molar-refractivity contribution in [3.8, 4) is 0 Å². The van der Waals surface area contributed by atoms with Crippen LogP contribution in [0, 0.1) is 0 Å². The SMILES string of the molecule is CC(=O)N(COC(=O)c1cnc2c(c1)CCC(c1ccccc1)N2)[C@H]1CCNC1. The molecule has 0 spiro atoms. The molecule has 29 heavy (non-hydrogen) atoms. The van der Waals surface area contributed by atoms with E-state index in [0.29, 0.717) is 5.56 Å². The molecule has 152 valence electrons. The summed E-state index contributed by atoms with van der Waals surface area (Å²) in [7, 11) is 0. The summed E-state index contributed by atoms with van der Waals surface area (Å²) in [6, 6.07) is 12.4. The van der Waals surface area contributed by atoms with Crippen molar-refractivity contribution < 1.29 is 14.3 Å². The number of amides is 1. The Bertz CT molecular complexity index is 881. The van der Waals surface area contributed by atoms with Crippen LogP contribution in [-0.2, 0) is 16.0 Å². The van der Waals surface area contributed by atoms with Gasteiger partial charge in [-0.1, -0.05) is 30.3 Å². The Morgan fingerprint density at radius 1 is 1.24 bits per heavy atom. The summed E-state index contributed by atoms with van der Waals surface area (Å²) >= 11 is 0. The molecule has 2 atom stereocenters. The second kappa shape index (κ2) is 8.61. The molecule has 2 aliphatic rings. The molecule has 2 N–H and O–H groups in total. The van der Waals surface area contributed by atoms with Crippen molar-refractivity contribution in [1.82, 2.24) is 15.2 Å². The second-order valence-corrected chi connectivity index (χ2v) is 7.57. The van der Waals surface area contributed by atoms with Crippen molar-refractivity contribution in [1.29, 1.82) is 0 Å². The van der Waals surface area contributed by atoms with Crippen LogP contribution < -0.4 is 10.6 Å². The van der Waals surface area contributed by atoms with Gasteiger partial charge in [0.05, 0.1) is 11.6 Å². The number of carbonyl (C=O) groups is 2. The molecule has 1 unspecified atom stereocenters. The van der Waals surface area contributed by atoms with E-state index >= 15 is 0 Å². The van der Waals surface area contributed by atoms with Crippen LogP contribution in [0.4, 0.5) is 5.82 Å². The molecule has 0 saturated carbocycles. The number of hydrogen-bond donors (Lipinski definition) is 2. The van der Waals surface area contributed by atoms with Gasteiger partial charge in [-0.15, -0.1) is 0 Å². The van der Waals surface area contributed by atoms with Crippen molar-refractivity contribution in [3.05, 3.63) is 59.3 Å². The fraction of sp³-hybridized carbons (Fsp3) is 0.409. The molecule has 2 aliphatic heterocycles. The first-order chi connectivity index (χ1) is 14.1. The fourth-order valence-corrected chi connectivity index (χ4v) is 3.99. The van der Waals surface area contributed by atoms with E-state index in [-0.39, 0.29) is 24.7 Å². The molecule has 0 radical (unpaired) electrons. The van der Waals surface area contributed by atoms with Crippen LogP contribution in [0.25, 0.3) is 0 Å². The first kappa shape index (κ1) is 19.4. The number of benzene rings is 1.